The monoisotopic (exact) mass is 729 g/mol. The van der Waals surface area contributed by atoms with Crippen molar-refractivity contribution in [2.24, 2.45) is 0 Å². The summed E-state index contributed by atoms with van der Waals surface area (Å²) in [6.45, 7) is 1.09. The van der Waals surface area contributed by atoms with Crippen molar-refractivity contribution in [2.45, 2.75) is 61.3 Å². The summed E-state index contributed by atoms with van der Waals surface area (Å²) in [6, 6.07) is 31.2. The van der Waals surface area contributed by atoms with Gasteiger partial charge in [-0.05, 0) is 83.1 Å². The molecule has 0 unspecified atom stereocenters. The molecule has 0 spiro atoms. The Bertz CT molecular complexity index is 1600. The van der Waals surface area contributed by atoms with E-state index in [1.807, 2.05) is 97.1 Å². The van der Waals surface area contributed by atoms with Crippen molar-refractivity contribution in [3.05, 3.63) is 120 Å². The van der Waals surface area contributed by atoms with Crippen LogP contribution >= 0.6 is 21.6 Å². The first-order valence-electron chi connectivity index (χ1n) is 17.4. The van der Waals surface area contributed by atoms with Gasteiger partial charge in [-0.3, -0.25) is 9.59 Å². The summed E-state index contributed by atoms with van der Waals surface area (Å²) in [5.74, 6) is 2.22. The highest BCUT2D eigenvalue weighted by molar-refractivity contribution is 8.76. The standard InChI is InChI=1S/C40H47N3O6S2/c1-47-35-19-15-31(16-20-35)40(30-11-5-3-6-12-30,32-17-21-36(48-2)22-18-32)49-29-33-27-34(44)28-43(33)39(46)14-7-4-9-24-41-37(45)23-26-50-51-38-13-8-10-25-42-38/h3,5-6,8,10-13,15-22,25,33-34,44H,4,7,9,14,23-24,26-29H2,1-2H3,(H,41,45)/t33-,34+/m0/s1. The summed E-state index contributed by atoms with van der Waals surface area (Å²) < 4.78 is 18.0. The van der Waals surface area contributed by atoms with Crippen molar-refractivity contribution in [1.82, 2.24) is 15.2 Å². The maximum atomic E-state index is 13.5. The van der Waals surface area contributed by atoms with Crippen molar-refractivity contribution in [3.8, 4) is 11.5 Å². The Morgan fingerprint density at radius 3 is 2.12 bits per heavy atom. The van der Waals surface area contributed by atoms with Crippen molar-refractivity contribution in [1.29, 1.82) is 0 Å². The Morgan fingerprint density at radius 1 is 0.843 bits per heavy atom. The van der Waals surface area contributed by atoms with Gasteiger partial charge in [-0.2, -0.15) is 0 Å². The number of aliphatic hydroxyl groups excluding tert-OH is 1. The fraction of sp³-hybridized carbons (Fsp3) is 0.375. The zero-order valence-electron chi connectivity index (χ0n) is 29.2. The summed E-state index contributed by atoms with van der Waals surface area (Å²) in [6.07, 6.45) is 4.73. The second-order valence-electron chi connectivity index (χ2n) is 12.4. The van der Waals surface area contributed by atoms with Gasteiger partial charge in [0.1, 0.15) is 22.1 Å². The maximum Gasteiger partial charge on any atom is 0.222 e. The second kappa shape index (κ2) is 19.5. The van der Waals surface area contributed by atoms with Crippen LogP contribution in [0.4, 0.5) is 0 Å². The number of β-amino-alcohol motifs (C(OH)–C–C–N with tert-alkyl or cyclic N) is 1. The van der Waals surface area contributed by atoms with Crippen molar-refractivity contribution in [3.63, 3.8) is 0 Å². The number of aliphatic hydroxyl groups is 1. The van der Waals surface area contributed by atoms with E-state index in [4.69, 9.17) is 14.2 Å². The highest BCUT2D eigenvalue weighted by atomic mass is 33.1. The lowest BCUT2D eigenvalue weighted by molar-refractivity contribution is -0.134. The van der Waals surface area contributed by atoms with Gasteiger partial charge in [0, 0.05) is 37.9 Å². The molecule has 51 heavy (non-hydrogen) atoms. The zero-order chi connectivity index (χ0) is 35.9. The van der Waals surface area contributed by atoms with Gasteiger partial charge in [0.2, 0.25) is 11.8 Å². The Kier molecular flexibility index (Phi) is 14.6. The van der Waals surface area contributed by atoms with E-state index in [0.717, 1.165) is 46.1 Å². The van der Waals surface area contributed by atoms with Gasteiger partial charge in [0.15, 0.2) is 0 Å². The van der Waals surface area contributed by atoms with E-state index in [-0.39, 0.29) is 31.0 Å². The van der Waals surface area contributed by atoms with Crippen LogP contribution < -0.4 is 14.8 Å². The number of benzene rings is 3. The highest BCUT2D eigenvalue weighted by Crippen LogP contribution is 2.42. The molecule has 0 saturated carbocycles. The van der Waals surface area contributed by atoms with E-state index < -0.39 is 11.7 Å². The molecule has 1 aromatic heterocycles. The molecule has 9 nitrogen and oxygen atoms in total. The first kappa shape index (κ1) is 38.2. The molecule has 0 bridgehead atoms. The Balaban J connectivity index is 1.17. The molecular weight excluding hydrogens is 683 g/mol. The van der Waals surface area contributed by atoms with Crippen LogP contribution in [0.25, 0.3) is 0 Å². The number of methoxy groups -OCH3 is 2. The van der Waals surface area contributed by atoms with Crippen LogP contribution in [0.15, 0.2) is 108 Å². The molecule has 2 atom stereocenters. The van der Waals surface area contributed by atoms with Gasteiger partial charge in [0.25, 0.3) is 0 Å². The number of hydrogen-bond donors (Lipinski definition) is 2. The van der Waals surface area contributed by atoms with Crippen LogP contribution in [-0.4, -0.2) is 78.6 Å². The molecule has 2 heterocycles. The number of ether oxygens (including phenoxy) is 3. The van der Waals surface area contributed by atoms with E-state index in [2.05, 4.69) is 10.3 Å². The topological polar surface area (TPSA) is 110 Å². The molecule has 1 saturated heterocycles. The molecule has 11 heteroatoms. The summed E-state index contributed by atoms with van der Waals surface area (Å²) in [4.78, 5) is 31.8. The van der Waals surface area contributed by atoms with Crippen LogP contribution in [0.5, 0.6) is 11.5 Å². The average Bonchev–Trinajstić information content (AvgIpc) is 3.56. The minimum atomic E-state index is -1.01. The van der Waals surface area contributed by atoms with E-state index >= 15 is 0 Å². The number of hydrogen-bond acceptors (Lipinski definition) is 9. The molecule has 1 aliphatic rings. The molecule has 4 aromatic rings. The number of rotatable bonds is 19. The predicted octanol–water partition coefficient (Wildman–Crippen LogP) is 6.88. The predicted molar refractivity (Wildman–Crippen MR) is 203 cm³/mol. The number of carbonyl (C=O) groups excluding carboxylic acids is 2. The van der Waals surface area contributed by atoms with Gasteiger partial charge >= 0.3 is 0 Å². The summed E-state index contributed by atoms with van der Waals surface area (Å²) in [5.41, 5.74) is 1.74. The van der Waals surface area contributed by atoms with E-state index in [0.29, 0.717) is 38.0 Å². The summed E-state index contributed by atoms with van der Waals surface area (Å²) >= 11 is 0. The molecule has 0 aliphatic carbocycles. The number of nitrogens with one attached hydrogen (secondary N) is 1. The van der Waals surface area contributed by atoms with Crippen molar-refractivity contribution in [2.75, 3.05) is 39.7 Å². The number of pyridine rings is 1. The molecule has 1 fully saturated rings. The molecule has 5 rings (SSSR count). The molecule has 2 amide bonds. The Labute approximate surface area is 308 Å². The SMILES string of the molecule is COc1ccc(C(OC[C@@H]2C[C@@H](O)CN2C(=O)CCCCCNC(=O)CCSSc2ccccn2)(c2ccccc2)c2ccc(OC)cc2)cc1. The van der Waals surface area contributed by atoms with Crippen LogP contribution in [-0.2, 0) is 19.9 Å². The molecule has 1 aliphatic heterocycles. The van der Waals surface area contributed by atoms with Crippen molar-refractivity contribution < 1.29 is 28.9 Å². The average molecular weight is 730 g/mol. The first-order valence-corrected chi connectivity index (χ1v) is 19.7. The van der Waals surface area contributed by atoms with E-state index in [1.54, 1.807) is 46.9 Å². The molecular formula is C40H47N3O6S2. The lowest BCUT2D eigenvalue weighted by Crippen LogP contribution is -2.42. The third-order valence-corrected chi connectivity index (χ3v) is 11.2. The largest absolute Gasteiger partial charge is 0.497 e. The minimum absolute atomic E-state index is 0.00539. The zero-order valence-corrected chi connectivity index (χ0v) is 30.9. The van der Waals surface area contributed by atoms with Crippen LogP contribution in [0.3, 0.4) is 0 Å². The Hall–Kier alpha value is -4.03. The van der Waals surface area contributed by atoms with Gasteiger partial charge in [0.05, 0.1) is 33.0 Å². The van der Waals surface area contributed by atoms with Crippen LogP contribution in [0.1, 0.15) is 55.2 Å². The van der Waals surface area contributed by atoms with Gasteiger partial charge in [-0.1, -0.05) is 77.9 Å². The fourth-order valence-corrected chi connectivity index (χ4v) is 8.19. The van der Waals surface area contributed by atoms with E-state index in [1.165, 1.54) is 0 Å². The Morgan fingerprint density at radius 2 is 1.49 bits per heavy atom. The highest BCUT2D eigenvalue weighted by Gasteiger charge is 2.41. The van der Waals surface area contributed by atoms with Gasteiger partial charge < -0.3 is 29.5 Å². The third-order valence-electron chi connectivity index (χ3n) is 8.96. The number of amides is 2. The summed E-state index contributed by atoms with van der Waals surface area (Å²) in [5, 5.41) is 14.6. The fourth-order valence-electron chi connectivity index (χ4n) is 6.32. The van der Waals surface area contributed by atoms with Crippen molar-refractivity contribution >= 4 is 33.4 Å². The maximum absolute atomic E-state index is 13.5. The number of nitrogens with zero attached hydrogens (tertiary/aromatic N) is 2. The quantitative estimate of drug-likeness (QED) is 0.0607. The molecule has 3 aromatic carbocycles. The number of unbranched alkanes of at least 4 members (excludes halogenated alkanes) is 2. The second-order valence-corrected chi connectivity index (χ2v) is 14.8. The lowest BCUT2D eigenvalue weighted by Gasteiger charge is -2.38. The molecule has 0 radical (unpaired) electrons. The third kappa shape index (κ3) is 10.5. The lowest BCUT2D eigenvalue weighted by atomic mass is 9.80. The summed E-state index contributed by atoms with van der Waals surface area (Å²) in [7, 11) is 6.47. The number of aromatic nitrogens is 1. The minimum Gasteiger partial charge on any atom is -0.497 e. The number of likely N-dealkylation sites (tertiary alicyclic amines) is 1. The molecule has 2 N–H and O–H groups in total. The van der Waals surface area contributed by atoms with Crippen LogP contribution in [0, 0.1) is 0 Å². The number of carbonyl (C=O) groups is 2. The normalized spacial score (nSPS) is 15.8. The van der Waals surface area contributed by atoms with Crippen LogP contribution in [0.2, 0.25) is 0 Å². The smallest absolute Gasteiger partial charge is 0.222 e. The first-order chi connectivity index (χ1) is 24.9. The van der Waals surface area contributed by atoms with Gasteiger partial charge in [-0.25, -0.2) is 4.98 Å². The van der Waals surface area contributed by atoms with Gasteiger partial charge in [-0.15, -0.1) is 0 Å². The van der Waals surface area contributed by atoms with E-state index in [9.17, 15) is 14.7 Å². The molecule has 270 valence electrons.